The van der Waals surface area contributed by atoms with Crippen LogP contribution in [0.3, 0.4) is 0 Å². The van der Waals surface area contributed by atoms with Gasteiger partial charge in [-0.05, 0) is 79.9 Å². The van der Waals surface area contributed by atoms with Crippen LogP contribution in [0.2, 0.25) is 0 Å². The highest BCUT2D eigenvalue weighted by molar-refractivity contribution is 5.89. The molecule has 0 fully saturated rings. The molecule has 2 amide bonds. The first-order chi connectivity index (χ1) is 18.5. The van der Waals surface area contributed by atoms with E-state index in [0.717, 1.165) is 11.1 Å². The topological polar surface area (TPSA) is 80.4 Å². The molecule has 0 saturated heterocycles. The fraction of sp³-hybridized carbons (Fsp3) is 0.194. The second-order valence-electron chi connectivity index (χ2n) is 9.32. The molecule has 7 heteroatoms. The molecule has 1 atom stereocenters. The first kappa shape index (κ1) is 25.0. The number of fused-ring (bicyclic) bond motifs is 1. The number of urea groups is 1. The van der Waals surface area contributed by atoms with Crippen molar-refractivity contribution >= 4 is 22.6 Å². The maximum absolute atomic E-state index is 14.0. The number of rotatable bonds is 7. The summed E-state index contributed by atoms with van der Waals surface area (Å²) in [5.74, 6) is 1.13. The number of nitrogens with zero attached hydrogens (tertiary/aromatic N) is 3. The lowest BCUT2D eigenvalue weighted by molar-refractivity contribution is 0.170. The summed E-state index contributed by atoms with van der Waals surface area (Å²) in [6.45, 7) is 6.25. The van der Waals surface area contributed by atoms with Gasteiger partial charge in [-0.3, -0.25) is 9.36 Å². The Kier molecular flexibility index (Phi) is 7.09. The fourth-order valence-corrected chi connectivity index (χ4v) is 4.64. The molecule has 0 aliphatic rings. The lowest BCUT2D eigenvalue weighted by Crippen LogP contribution is -2.40. The molecule has 3 aromatic carbocycles. The van der Waals surface area contributed by atoms with E-state index in [1.807, 2.05) is 93.6 Å². The van der Waals surface area contributed by atoms with E-state index in [1.54, 1.807) is 27.9 Å². The zero-order chi connectivity index (χ0) is 26.6. The van der Waals surface area contributed by atoms with E-state index in [1.165, 1.54) is 0 Å². The Hall–Kier alpha value is -4.65. The quantitative estimate of drug-likeness (QED) is 0.264. The molecule has 0 aliphatic carbocycles. The highest BCUT2D eigenvalue weighted by atomic mass is 16.3. The predicted molar refractivity (Wildman–Crippen MR) is 150 cm³/mol. The summed E-state index contributed by atoms with van der Waals surface area (Å²) in [5.41, 5.74) is 4.00. The average molecular weight is 507 g/mol. The fourth-order valence-electron chi connectivity index (χ4n) is 4.64. The largest absolute Gasteiger partial charge is 0.467 e. The number of benzene rings is 3. The number of nitrogens with one attached hydrogen (secondary N) is 1. The van der Waals surface area contributed by atoms with Gasteiger partial charge in [0.05, 0.1) is 35.4 Å². The van der Waals surface area contributed by atoms with Crippen molar-refractivity contribution in [3.63, 3.8) is 0 Å². The van der Waals surface area contributed by atoms with Crippen LogP contribution in [-0.2, 0) is 6.54 Å². The van der Waals surface area contributed by atoms with E-state index in [0.29, 0.717) is 40.3 Å². The molecule has 38 heavy (non-hydrogen) atoms. The third-order valence-electron chi connectivity index (χ3n) is 6.80. The van der Waals surface area contributed by atoms with Crippen LogP contribution in [0.1, 0.15) is 42.1 Å². The second kappa shape index (κ2) is 10.8. The SMILES string of the molecule is CCC(c1nc2ccccc2c(=O)n1-c1ccc(C)c(C)c1)N(Cc1ccco1)C(=O)Nc1ccccc1. The van der Waals surface area contributed by atoms with Crippen LogP contribution >= 0.6 is 0 Å². The van der Waals surface area contributed by atoms with E-state index in [-0.39, 0.29) is 18.1 Å². The number of aryl methyl sites for hydroxylation is 2. The normalized spacial score (nSPS) is 11.9. The summed E-state index contributed by atoms with van der Waals surface area (Å²) in [6.07, 6.45) is 2.11. The Bertz CT molecular complexity index is 1620. The van der Waals surface area contributed by atoms with Gasteiger partial charge < -0.3 is 14.6 Å². The molecule has 2 heterocycles. The summed E-state index contributed by atoms with van der Waals surface area (Å²) in [5, 5.41) is 3.52. The molecule has 0 spiro atoms. The molecular formula is C31H30N4O3. The van der Waals surface area contributed by atoms with Crippen LogP contribution in [0.15, 0.2) is 100 Å². The Balaban J connectivity index is 1.69. The van der Waals surface area contributed by atoms with Crippen molar-refractivity contribution in [2.45, 2.75) is 39.8 Å². The van der Waals surface area contributed by atoms with Gasteiger partial charge in [0.25, 0.3) is 5.56 Å². The van der Waals surface area contributed by atoms with Gasteiger partial charge in [0.2, 0.25) is 0 Å². The monoisotopic (exact) mass is 506 g/mol. The number of amides is 2. The summed E-state index contributed by atoms with van der Waals surface area (Å²) >= 11 is 0. The van der Waals surface area contributed by atoms with Crippen LogP contribution in [0.25, 0.3) is 16.6 Å². The van der Waals surface area contributed by atoms with Gasteiger partial charge >= 0.3 is 6.03 Å². The Morgan fingerprint density at radius 3 is 2.45 bits per heavy atom. The number of anilines is 1. The molecular weight excluding hydrogens is 476 g/mol. The van der Waals surface area contributed by atoms with Crippen molar-refractivity contribution in [2.75, 3.05) is 5.32 Å². The minimum absolute atomic E-state index is 0.172. The maximum Gasteiger partial charge on any atom is 0.322 e. The third-order valence-corrected chi connectivity index (χ3v) is 6.80. The average Bonchev–Trinajstić information content (AvgIpc) is 3.44. The number of furan rings is 1. The second-order valence-corrected chi connectivity index (χ2v) is 9.32. The van der Waals surface area contributed by atoms with Gasteiger partial charge in [0.1, 0.15) is 11.6 Å². The van der Waals surface area contributed by atoms with Crippen LogP contribution in [0, 0.1) is 13.8 Å². The van der Waals surface area contributed by atoms with Crippen molar-refractivity contribution < 1.29 is 9.21 Å². The Morgan fingerprint density at radius 2 is 1.74 bits per heavy atom. The van der Waals surface area contributed by atoms with Crippen molar-refractivity contribution in [3.05, 3.63) is 124 Å². The zero-order valence-corrected chi connectivity index (χ0v) is 21.7. The zero-order valence-electron chi connectivity index (χ0n) is 21.7. The summed E-state index contributed by atoms with van der Waals surface area (Å²) in [7, 11) is 0. The Labute approximate surface area is 221 Å². The minimum atomic E-state index is -0.525. The molecule has 0 saturated carbocycles. The molecule has 5 aromatic rings. The lowest BCUT2D eigenvalue weighted by Gasteiger charge is -2.32. The molecule has 7 nitrogen and oxygen atoms in total. The van der Waals surface area contributed by atoms with Crippen molar-refractivity contribution in [1.29, 1.82) is 0 Å². The van der Waals surface area contributed by atoms with Gasteiger partial charge in [-0.15, -0.1) is 0 Å². The van der Waals surface area contributed by atoms with Gasteiger partial charge in [-0.1, -0.05) is 43.3 Å². The summed E-state index contributed by atoms with van der Waals surface area (Å²) in [6, 6.07) is 25.3. The first-order valence-corrected chi connectivity index (χ1v) is 12.7. The van der Waals surface area contributed by atoms with Crippen molar-refractivity contribution in [2.24, 2.45) is 0 Å². The van der Waals surface area contributed by atoms with E-state index in [2.05, 4.69) is 5.32 Å². The molecule has 1 N–H and O–H groups in total. The molecule has 5 rings (SSSR count). The number of carbonyl (C=O) groups is 1. The molecule has 192 valence electrons. The van der Waals surface area contributed by atoms with Crippen molar-refractivity contribution in [1.82, 2.24) is 14.5 Å². The Morgan fingerprint density at radius 1 is 0.974 bits per heavy atom. The third kappa shape index (κ3) is 4.95. The van der Waals surface area contributed by atoms with Crippen LogP contribution < -0.4 is 10.9 Å². The predicted octanol–water partition coefficient (Wildman–Crippen LogP) is 6.78. The molecule has 1 unspecified atom stereocenters. The van der Waals surface area contributed by atoms with Gasteiger partial charge in [-0.2, -0.15) is 0 Å². The summed E-state index contributed by atoms with van der Waals surface area (Å²) < 4.78 is 7.27. The van der Waals surface area contributed by atoms with Gasteiger partial charge in [0, 0.05) is 5.69 Å². The smallest absolute Gasteiger partial charge is 0.322 e. The number of para-hydroxylation sites is 2. The molecule has 0 aliphatic heterocycles. The maximum atomic E-state index is 14.0. The van der Waals surface area contributed by atoms with E-state index < -0.39 is 6.04 Å². The first-order valence-electron chi connectivity index (χ1n) is 12.7. The number of hydrogen-bond donors (Lipinski definition) is 1. The molecule has 0 bridgehead atoms. The minimum Gasteiger partial charge on any atom is -0.467 e. The van der Waals surface area contributed by atoms with E-state index in [4.69, 9.17) is 9.40 Å². The van der Waals surface area contributed by atoms with Crippen LogP contribution in [0.5, 0.6) is 0 Å². The highest BCUT2D eigenvalue weighted by Gasteiger charge is 2.30. The van der Waals surface area contributed by atoms with E-state index in [9.17, 15) is 9.59 Å². The highest BCUT2D eigenvalue weighted by Crippen LogP contribution is 2.29. The van der Waals surface area contributed by atoms with Gasteiger partial charge in [-0.25, -0.2) is 9.78 Å². The summed E-state index contributed by atoms with van der Waals surface area (Å²) in [4.78, 5) is 34.4. The van der Waals surface area contributed by atoms with Crippen LogP contribution in [-0.4, -0.2) is 20.5 Å². The van der Waals surface area contributed by atoms with E-state index >= 15 is 0 Å². The number of carbonyl (C=O) groups excluding carboxylic acids is 1. The molecule has 2 aromatic heterocycles. The lowest BCUT2D eigenvalue weighted by atomic mass is 10.1. The molecule has 0 radical (unpaired) electrons. The van der Waals surface area contributed by atoms with Gasteiger partial charge in [0.15, 0.2) is 0 Å². The number of aromatic nitrogens is 2. The number of hydrogen-bond acceptors (Lipinski definition) is 4. The van der Waals surface area contributed by atoms with Crippen LogP contribution in [0.4, 0.5) is 10.5 Å². The van der Waals surface area contributed by atoms with Crippen molar-refractivity contribution in [3.8, 4) is 5.69 Å². The standard InChI is InChI=1S/C31H30N4O3/c1-4-28(34(20-25-13-10-18-38-25)31(37)32-23-11-6-5-7-12-23)29-33-27-15-9-8-14-26(27)30(36)35(29)24-17-16-21(2)22(3)19-24/h5-19,28H,4,20H2,1-3H3,(H,32,37).